The maximum absolute atomic E-state index is 12.1. The number of aliphatic hydroxyl groups excluding tert-OH is 1. The molecule has 3 N–H and O–H groups in total. The van der Waals surface area contributed by atoms with Crippen LogP contribution in [0.5, 0.6) is 0 Å². The molecule has 1 saturated carbocycles. The van der Waals surface area contributed by atoms with Crippen molar-refractivity contribution < 1.29 is 14.6 Å². The summed E-state index contributed by atoms with van der Waals surface area (Å²) in [5, 5.41) is 15.1. The highest BCUT2D eigenvalue weighted by Gasteiger charge is 2.59. The van der Waals surface area contributed by atoms with E-state index in [0.29, 0.717) is 24.5 Å². The number of amides is 2. The average Bonchev–Trinajstić information content (AvgIpc) is 2.89. The molecule has 4 unspecified atom stereocenters. The molecule has 5 nitrogen and oxygen atoms in total. The van der Waals surface area contributed by atoms with Crippen LogP contribution in [0.3, 0.4) is 0 Å². The fraction of sp³-hybridized carbons (Fsp3) is 0.938. The first-order valence-electron chi connectivity index (χ1n) is 8.27. The fourth-order valence-corrected chi connectivity index (χ4v) is 3.99. The molecule has 1 aliphatic carbocycles. The van der Waals surface area contributed by atoms with Gasteiger partial charge in [-0.3, -0.25) is 0 Å². The molecule has 122 valence electrons. The SMILES string of the molecule is CCCC(CCO)CNC(=O)NC1C2CCOC2C1(C)C. The van der Waals surface area contributed by atoms with Gasteiger partial charge >= 0.3 is 6.03 Å². The smallest absolute Gasteiger partial charge is 0.315 e. The highest BCUT2D eigenvalue weighted by Crippen LogP contribution is 2.51. The first-order chi connectivity index (χ1) is 10.0. The molecule has 0 spiro atoms. The number of carbonyl (C=O) groups is 1. The van der Waals surface area contributed by atoms with Crippen LogP contribution < -0.4 is 10.6 Å². The summed E-state index contributed by atoms with van der Waals surface area (Å²) >= 11 is 0. The topological polar surface area (TPSA) is 70.6 Å². The van der Waals surface area contributed by atoms with Gasteiger partial charge in [-0.2, -0.15) is 0 Å². The lowest BCUT2D eigenvalue weighted by Crippen LogP contribution is -2.67. The van der Waals surface area contributed by atoms with E-state index in [9.17, 15) is 4.79 Å². The van der Waals surface area contributed by atoms with Gasteiger partial charge in [0.1, 0.15) is 0 Å². The number of ether oxygens (including phenoxy) is 1. The van der Waals surface area contributed by atoms with Crippen LogP contribution in [-0.2, 0) is 4.74 Å². The first-order valence-corrected chi connectivity index (χ1v) is 8.27. The quantitative estimate of drug-likeness (QED) is 0.672. The van der Waals surface area contributed by atoms with E-state index in [2.05, 4.69) is 31.4 Å². The molecule has 21 heavy (non-hydrogen) atoms. The van der Waals surface area contributed by atoms with E-state index in [-0.39, 0.29) is 24.1 Å². The molecular formula is C16H30N2O3. The molecule has 0 aromatic rings. The molecule has 1 aliphatic heterocycles. The molecule has 0 bridgehead atoms. The largest absolute Gasteiger partial charge is 0.396 e. The van der Waals surface area contributed by atoms with Crippen LogP contribution in [0.25, 0.3) is 0 Å². The summed E-state index contributed by atoms with van der Waals surface area (Å²) in [5.74, 6) is 0.831. The molecule has 5 heteroatoms. The van der Waals surface area contributed by atoms with Crippen molar-refractivity contribution in [1.29, 1.82) is 0 Å². The lowest BCUT2D eigenvalue weighted by atomic mass is 9.57. The third kappa shape index (κ3) is 3.51. The number of urea groups is 1. The van der Waals surface area contributed by atoms with Crippen LogP contribution in [-0.4, -0.2) is 43.0 Å². The zero-order chi connectivity index (χ0) is 15.5. The predicted octanol–water partition coefficient (Wildman–Crippen LogP) is 1.90. The van der Waals surface area contributed by atoms with Crippen LogP contribution in [0.15, 0.2) is 0 Å². The Morgan fingerprint density at radius 3 is 2.86 bits per heavy atom. The van der Waals surface area contributed by atoms with Gasteiger partial charge in [-0.05, 0) is 25.2 Å². The number of fused-ring (bicyclic) bond motifs is 1. The molecule has 0 aromatic heterocycles. The number of hydrogen-bond acceptors (Lipinski definition) is 3. The third-order valence-electron chi connectivity index (χ3n) is 5.17. The monoisotopic (exact) mass is 298 g/mol. The van der Waals surface area contributed by atoms with Crippen LogP contribution in [0.2, 0.25) is 0 Å². The number of nitrogens with one attached hydrogen (secondary N) is 2. The van der Waals surface area contributed by atoms with Gasteiger partial charge < -0.3 is 20.5 Å². The molecule has 2 amide bonds. The number of carbonyl (C=O) groups excluding carboxylic acids is 1. The Morgan fingerprint density at radius 1 is 1.43 bits per heavy atom. The summed E-state index contributed by atoms with van der Waals surface area (Å²) in [6.07, 6.45) is 4.20. The van der Waals surface area contributed by atoms with E-state index in [4.69, 9.17) is 9.84 Å². The van der Waals surface area contributed by atoms with Crippen molar-refractivity contribution in [3.05, 3.63) is 0 Å². The van der Waals surface area contributed by atoms with Crippen LogP contribution in [0, 0.1) is 17.3 Å². The second-order valence-electron chi connectivity index (χ2n) is 7.06. The fourth-order valence-electron chi connectivity index (χ4n) is 3.99. The highest BCUT2D eigenvalue weighted by molar-refractivity contribution is 5.74. The molecule has 0 aromatic carbocycles. The van der Waals surface area contributed by atoms with Gasteiger partial charge in [0.2, 0.25) is 0 Å². The van der Waals surface area contributed by atoms with E-state index in [1.54, 1.807) is 0 Å². The van der Waals surface area contributed by atoms with Crippen molar-refractivity contribution in [3.8, 4) is 0 Å². The maximum atomic E-state index is 12.1. The van der Waals surface area contributed by atoms with Crippen molar-refractivity contribution in [2.24, 2.45) is 17.3 Å². The molecular weight excluding hydrogens is 268 g/mol. The van der Waals surface area contributed by atoms with E-state index in [1.165, 1.54) is 0 Å². The predicted molar refractivity (Wildman–Crippen MR) is 82.1 cm³/mol. The van der Waals surface area contributed by atoms with E-state index in [1.807, 2.05) is 0 Å². The van der Waals surface area contributed by atoms with E-state index in [0.717, 1.165) is 32.3 Å². The normalized spacial score (nSPS) is 31.1. The first kappa shape index (κ1) is 16.6. The van der Waals surface area contributed by atoms with Gasteiger partial charge in [-0.25, -0.2) is 4.79 Å². The second kappa shape index (κ2) is 6.97. The minimum atomic E-state index is -0.0857. The van der Waals surface area contributed by atoms with E-state index < -0.39 is 0 Å². The van der Waals surface area contributed by atoms with Gasteiger partial charge in [0.05, 0.1) is 6.10 Å². The van der Waals surface area contributed by atoms with Gasteiger partial charge in [-0.15, -0.1) is 0 Å². The van der Waals surface area contributed by atoms with Crippen LogP contribution >= 0.6 is 0 Å². The highest BCUT2D eigenvalue weighted by atomic mass is 16.5. The number of rotatable bonds is 7. The summed E-state index contributed by atoms with van der Waals surface area (Å²) in [5.41, 5.74) is 0.0203. The second-order valence-corrected chi connectivity index (χ2v) is 7.06. The lowest BCUT2D eigenvalue weighted by molar-refractivity contribution is -0.108. The Labute approximate surface area is 127 Å². The molecule has 2 fully saturated rings. The van der Waals surface area contributed by atoms with Gasteiger partial charge in [0.25, 0.3) is 0 Å². The van der Waals surface area contributed by atoms with Gasteiger partial charge in [0, 0.05) is 37.1 Å². The van der Waals surface area contributed by atoms with Gasteiger partial charge in [-0.1, -0.05) is 27.2 Å². The zero-order valence-electron chi connectivity index (χ0n) is 13.5. The Kier molecular flexibility index (Phi) is 5.49. The summed E-state index contributed by atoms with van der Waals surface area (Å²) < 4.78 is 5.74. The summed E-state index contributed by atoms with van der Waals surface area (Å²) in [6, 6.07) is 0.116. The van der Waals surface area contributed by atoms with Crippen LogP contribution in [0.1, 0.15) is 46.5 Å². The molecule has 2 rings (SSSR count). The Hall–Kier alpha value is -0.810. The third-order valence-corrected chi connectivity index (χ3v) is 5.17. The number of aliphatic hydroxyl groups is 1. The van der Waals surface area contributed by atoms with Crippen molar-refractivity contribution >= 4 is 6.03 Å². The van der Waals surface area contributed by atoms with Crippen molar-refractivity contribution in [3.63, 3.8) is 0 Å². The summed E-state index contributed by atoms with van der Waals surface area (Å²) in [6.45, 7) is 8.09. The van der Waals surface area contributed by atoms with E-state index >= 15 is 0 Å². The molecule has 1 heterocycles. The number of hydrogen-bond donors (Lipinski definition) is 3. The molecule has 1 saturated heterocycles. The minimum Gasteiger partial charge on any atom is -0.396 e. The molecule has 2 aliphatic rings. The summed E-state index contributed by atoms with van der Waals surface area (Å²) in [7, 11) is 0. The minimum absolute atomic E-state index is 0.0203. The van der Waals surface area contributed by atoms with Crippen molar-refractivity contribution in [1.82, 2.24) is 10.6 Å². The summed E-state index contributed by atoms with van der Waals surface area (Å²) in [4.78, 5) is 12.1. The van der Waals surface area contributed by atoms with Crippen molar-refractivity contribution in [2.75, 3.05) is 19.8 Å². The Morgan fingerprint density at radius 2 is 2.19 bits per heavy atom. The Balaban J connectivity index is 1.76. The molecule has 0 radical (unpaired) electrons. The molecule has 4 atom stereocenters. The standard InChI is InChI=1S/C16H30N2O3/c1-4-5-11(6-8-19)10-17-15(20)18-13-12-7-9-21-14(12)16(13,2)3/h11-14,19H,4-10H2,1-3H3,(H2,17,18,20). The zero-order valence-corrected chi connectivity index (χ0v) is 13.5. The van der Waals surface area contributed by atoms with Crippen LogP contribution in [0.4, 0.5) is 4.79 Å². The maximum Gasteiger partial charge on any atom is 0.315 e. The Bertz CT molecular complexity index is 353. The van der Waals surface area contributed by atoms with Crippen molar-refractivity contribution in [2.45, 2.75) is 58.6 Å². The lowest BCUT2D eigenvalue weighted by Gasteiger charge is -2.54. The van der Waals surface area contributed by atoms with Gasteiger partial charge in [0.15, 0.2) is 0 Å². The average molecular weight is 298 g/mol.